The maximum Gasteiger partial charge on any atom is 0.244 e. The Morgan fingerprint density at radius 3 is 2.31 bits per heavy atom. The molecule has 1 heterocycles. The average molecular weight is 545 g/mol. The molecular formula is C31H29FN2O4S. The molecule has 4 aromatic carbocycles. The standard InChI is InChI=1S/C31H29FN2O4S/c1-22-31(35)33(21-23-9-14-27(32)15-10-23)30(25-11-16-28(38-2)17-12-25)8-5-19-34(22)39(36,37)29-18-13-24-6-3-4-7-26(24)20-29/h3-18,20,22,30H,19,21H2,1-2H3/b8-5-/t22-,30+/m0/s1. The van der Waals surface area contributed by atoms with Gasteiger partial charge in [0.15, 0.2) is 0 Å². The van der Waals surface area contributed by atoms with Crippen molar-refractivity contribution in [1.29, 1.82) is 0 Å². The van der Waals surface area contributed by atoms with E-state index >= 15 is 0 Å². The van der Waals surface area contributed by atoms with E-state index in [0.717, 1.165) is 21.9 Å². The lowest BCUT2D eigenvalue weighted by molar-refractivity contribution is -0.137. The van der Waals surface area contributed by atoms with Crippen molar-refractivity contribution in [2.24, 2.45) is 0 Å². The largest absolute Gasteiger partial charge is 0.497 e. The van der Waals surface area contributed by atoms with Crippen molar-refractivity contribution >= 4 is 26.7 Å². The maximum atomic E-state index is 14.1. The molecule has 6 nitrogen and oxygen atoms in total. The highest BCUT2D eigenvalue weighted by atomic mass is 32.2. The molecule has 200 valence electrons. The summed E-state index contributed by atoms with van der Waals surface area (Å²) in [5, 5.41) is 1.73. The van der Waals surface area contributed by atoms with Crippen LogP contribution in [0.3, 0.4) is 0 Å². The Balaban J connectivity index is 1.54. The first-order chi connectivity index (χ1) is 18.8. The van der Waals surface area contributed by atoms with Gasteiger partial charge in [-0.1, -0.05) is 66.7 Å². The highest BCUT2D eigenvalue weighted by Gasteiger charge is 2.38. The minimum atomic E-state index is -4.00. The van der Waals surface area contributed by atoms with E-state index in [4.69, 9.17) is 4.74 Å². The van der Waals surface area contributed by atoms with E-state index in [1.165, 1.54) is 16.4 Å². The number of hydrogen-bond donors (Lipinski definition) is 0. The summed E-state index contributed by atoms with van der Waals surface area (Å²) < 4.78 is 47.8. The van der Waals surface area contributed by atoms with Crippen LogP contribution in [-0.2, 0) is 21.4 Å². The molecule has 1 aliphatic heterocycles. The molecule has 0 saturated carbocycles. The summed E-state index contributed by atoms with van der Waals surface area (Å²) >= 11 is 0. The van der Waals surface area contributed by atoms with Gasteiger partial charge in [0.2, 0.25) is 15.9 Å². The Morgan fingerprint density at radius 1 is 0.923 bits per heavy atom. The van der Waals surface area contributed by atoms with E-state index in [1.807, 2.05) is 54.6 Å². The molecule has 5 rings (SSSR count). The number of amides is 1. The number of fused-ring (bicyclic) bond motifs is 1. The van der Waals surface area contributed by atoms with Crippen molar-refractivity contribution in [3.63, 3.8) is 0 Å². The number of carbonyl (C=O) groups excluding carboxylic acids is 1. The van der Waals surface area contributed by atoms with E-state index in [2.05, 4.69) is 0 Å². The molecule has 39 heavy (non-hydrogen) atoms. The van der Waals surface area contributed by atoms with Crippen molar-refractivity contribution in [2.75, 3.05) is 13.7 Å². The second-order valence-corrected chi connectivity index (χ2v) is 11.4. The summed E-state index contributed by atoms with van der Waals surface area (Å²) in [4.78, 5) is 15.8. The lowest BCUT2D eigenvalue weighted by atomic mass is 10.0. The minimum absolute atomic E-state index is 0.0408. The molecular weight excluding hydrogens is 515 g/mol. The first kappa shape index (κ1) is 26.6. The summed E-state index contributed by atoms with van der Waals surface area (Å²) in [6, 6.07) is 24.5. The van der Waals surface area contributed by atoms with Crippen LogP contribution in [0.4, 0.5) is 4.39 Å². The Bertz CT molecular complexity index is 1620. The Labute approximate surface area is 228 Å². The van der Waals surface area contributed by atoms with Gasteiger partial charge in [-0.25, -0.2) is 12.8 Å². The third-order valence-corrected chi connectivity index (χ3v) is 9.00. The molecule has 2 atom stereocenters. The molecule has 0 unspecified atom stereocenters. The van der Waals surface area contributed by atoms with Crippen molar-refractivity contribution in [3.8, 4) is 5.75 Å². The van der Waals surface area contributed by atoms with Crippen LogP contribution in [0.2, 0.25) is 0 Å². The molecule has 8 heteroatoms. The Kier molecular flexibility index (Phi) is 7.50. The highest BCUT2D eigenvalue weighted by molar-refractivity contribution is 7.89. The fourth-order valence-electron chi connectivity index (χ4n) is 4.88. The monoisotopic (exact) mass is 544 g/mol. The number of methoxy groups -OCH3 is 1. The number of sulfonamides is 1. The fraction of sp³-hybridized carbons (Fsp3) is 0.194. The van der Waals surface area contributed by atoms with Crippen LogP contribution >= 0.6 is 0 Å². The summed E-state index contributed by atoms with van der Waals surface area (Å²) in [6.07, 6.45) is 3.63. The van der Waals surface area contributed by atoms with Crippen LogP contribution in [0.5, 0.6) is 5.75 Å². The first-order valence-corrected chi connectivity index (χ1v) is 14.1. The third-order valence-electron chi connectivity index (χ3n) is 7.06. The zero-order chi connectivity index (χ0) is 27.6. The van der Waals surface area contributed by atoms with Gasteiger partial charge in [0.05, 0.1) is 18.0 Å². The lowest BCUT2D eigenvalue weighted by Crippen LogP contribution is -2.51. The van der Waals surface area contributed by atoms with Gasteiger partial charge in [0.25, 0.3) is 0 Å². The van der Waals surface area contributed by atoms with E-state index < -0.39 is 22.1 Å². The molecule has 4 aromatic rings. The maximum absolute atomic E-state index is 14.1. The van der Waals surface area contributed by atoms with Crippen LogP contribution in [0.1, 0.15) is 24.1 Å². The average Bonchev–Trinajstić information content (AvgIpc) is 2.96. The van der Waals surface area contributed by atoms with Gasteiger partial charge in [-0.3, -0.25) is 4.79 Å². The normalized spacial score (nSPS) is 19.5. The Morgan fingerprint density at radius 2 is 1.62 bits per heavy atom. The second kappa shape index (κ2) is 11.0. The lowest BCUT2D eigenvalue weighted by Gasteiger charge is -2.37. The molecule has 1 aliphatic rings. The number of ether oxygens (including phenoxy) is 1. The molecule has 0 fully saturated rings. The Hall–Kier alpha value is -4.01. The van der Waals surface area contributed by atoms with Crippen LogP contribution < -0.4 is 4.74 Å². The second-order valence-electron chi connectivity index (χ2n) is 9.50. The van der Waals surface area contributed by atoms with Crippen LogP contribution in [0.25, 0.3) is 10.8 Å². The van der Waals surface area contributed by atoms with Gasteiger partial charge < -0.3 is 9.64 Å². The quantitative estimate of drug-likeness (QED) is 0.292. The van der Waals surface area contributed by atoms with Crippen molar-refractivity contribution in [2.45, 2.75) is 30.4 Å². The summed E-state index contributed by atoms with van der Waals surface area (Å²) in [5.74, 6) is -0.0368. The van der Waals surface area contributed by atoms with Crippen LogP contribution in [-0.4, -0.2) is 43.2 Å². The third kappa shape index (κ3) is 5.44. The van der Waals surface area contributed by atoms with Crippen LogP contribution in [0, 0.1) is 5.82 Å². The predicted molar refractivity (Wildman–Crippen MR) is 149 cm³/mol. The number of hydrogen-bond acceptors (Lipinski definition) is 4. The van der Waals surface area contributed by atoms with E-state index in [9.17, 15) is 17.6 Å². The molecule has 0 spiro atoms. The van der Waals surface area contributed by atoms with Gasteiger partial charge in [-0.05, 0) is 65.2 Å². The molecule has 0 saturated heterocycles. The number of halogens is 1. The predicted octanol–water partition coefficient (Wildman–Crippen LogP) is 5.71. The number of carbonyl (C=O) groups is 1. The molecule has 0 aromatic heterocycles. The molecule has 0 aliphatic carbocycles. The smallest absolute Gasteiger partial charge is 0.244 e. The SMILES string of the molecule is COc1ccc([C@H]2/C=C\CN(S(=O)(=O)c3ccc4ccccc4c3)[C@@H](C)C(=O)N2Cc2ccc(F)cc2)cc1. The number of rotatable bonds is 6. The van der Waals surface area contributed by atoms with Gasteiger partial charge in [0.1, 0.15) is 17.6 Å². The summed E-state index contributed by atoms with van der Waals surface area (Å²) in [7, 11) is -2.42. The number of nitrogens with zero attached hydrogens (tertiary/aromatic N) is 2. The highest BCUT2D eigenvalue weighted by Crippen LogP contribution is 2.31. The van der Waals surface area contributed by atoms with E-state index in [-0.39, 0.29) is 29.7 Å². The topological polar surface area (TPSA) is 66.9 Å². The van der Waals surface area contributed by atoms with Gasteiger partial charge in [0, 0.05) is 13.1 Å². The molecule has 1 amide bonds. The summed E-state index contributed by atoms with van der Waals surface area (Å²) in [6.45, 7) is 1.83. The van der Waals surface area contributed by atoms with Gasteiger partial charge >= 0.3 is 0 Å². The molecule has 0 radical (unpaired) electrons. The van der Waals surface area contributed by atoms with E-state index in [1.54, 1.807) is 55.3 Å². The summed E-state index contributed by atoms with van der Waals surface area (Å²) in [5.41, 5.74) is 1.58. The van der Waals surface area contributed by atoms with Gasteiger partial charge in [-0.2, -0.15) is 4.31 Å². The van der Waals surface area contributed by atoms with E-state index in [0.29, 0.717) is 5.75 Å². The van der Waals surface area contributed by atoms with Crippen molar-refractivity contribution in [1.82, 2.24) is 9.21 Å². The minimum Gasteiger partial charge on any atom is -0.497 e. The van der Waals surface area contributed by atoms with Gasteiger partial charge in [-0.15, -0.1) is 0 Å². The zero-order valence-corrected chi connectivity index (χ0v) is 22.5. The van der Waals surface area contributed by atoms with Crippen molar-refractivity contribution < 1.29 is 22.3 Å². The molecule has 0 N–H and O–H groups in total. The zero-order valence-electron chi connectivity index (χ0n) is 21.7. The molecule has 0 bridgehead atoms. The first-order valence-electron chi connectivity index (χ1n) is 12.6. The number of benzene rings is 4. The van der Waals surface area contributed by atoms with Crippen molar-refractivity contribution in [3.05, 3.63) is 120 Å². The van der Waals surface area contributed by atoms with Crippen LogP contribution in [0.15, 0.2) is 108 Å². The fourth-order valence-corrected chi connectivity index (χ4v) is 6.46.